The predicted molar refractivity (Wildman–Crippen MR) is 97.9 cm³/mol. The molecule has 0 amide bonds. The Hall–Kier alpha value is -1.41. The van der Waals surface area contributed by atoms with Crippen molar-refractivity contribution in [1.82, 2.24) is 10.6 Å². The fourth-order valence-corrected chi connectivity index (χ4v) is 2.03. The molecule has 0 unspecified atom stereocenters. The molecule has 0 spiro atoms. The number of guanidine groups is 1. The van der Waals surface area contributed by atoms with Crippen molar-refractivity contribution in [1.29, 1.82) is 0 Å². The summed E-state index contributed by atoms with van der Waals surface area (Å²) in [5, 5.41) is 6.49. The minimum atomic E-state index is -4.29. The zero-order chi connectivity index (χ0) is 18.9. The van der Waals surface area contributed by atoms with Crippen LogP contribution in [-0.4, -0.2) is 43.3 Å². The fourth-order valence-electron chi connectivity index (χ4n) is 1.81. The highest BCUT2D eigenvalue weighted by atomic mass is 32.2. The monoisotopic (exact) mass is 377 g/mol. The second kappa shape index (κ2) is 9.91. The average Bonchev–Trinajstić information content (AvgIpc) is 2.55. The van der Waals surface area contributed by atoms with E-state index in [0.29, 0.717) is 18.1 Å². The van der Waals surface area contributed by atoms with Crippen LogP contribution in [0.1, 0.15) is 25.0 Å². The molecule has 25 heavy (non-hydrogen) atoms. The lowest BCUT2D eigenvalue weighted by Crippen LogP contribution is -2.42. The lowest BCUT2D eigenvalue weighted by Gasteiger charge is -2.23. The number of hydrogen-bond donors (Lipinski definition) is 2. The molecule has 0 saturated heterocycles. The smallest absolute Gasteiger partial charge is 0.367 e. The molecule has 0 saturated carbocycles. The van der Waals surface area contributed by atoms with Crippen molar-refractivity contribution in [3.05, 3.63) is 35.4 Å². The molecule has 142 valence electrons. The number of nitrogens with one attached hydrogen (secondary N) is 2. The number of halogens is 3. The minimum absolute atomic E-state index is 0.0553. The number of aliphatic imine (C=N–C) groups is 1. The van der Waals surface area contributed by atoms with Crippen molar-refractivity contribution in [2.24, 2.45) is 4.99 Å². The van der Waals surface area contributed by atoms with Crippen molar-refractivity contribution in [3.63, 3.8) is 0 Å². The molecule has 4 nitrogen and oxygen atoms in total. The third-order valence-electron chi connectivity index (χ3n) is 3.48. The Morgan fingerprint density at radius 3 is 2.24 bits per heavy atom. The van der Waals surface area contributed by atoms with Crippen LogP contribution < -0.4 is 10.6 Å². The van der Waals surface area contributed by atoms with Gasteiger partial charge in [0.25, 0.3) is 0 Å². The van der Waals surface area contributed by atoms with Crippen LogP contribution in [0.2, 0.25) is 0 Å². The van der Waals surface area contributed by atoms with Crippen molar-refractivity contribution in [3.8, 4) is 0 Å². The van der Waals surface area contributed by atoms with Gasteiger partial charge in [-0.3, -0.25) is 4.99 Å². The Bertz CT molecular complexity index is 545. The third-order valence-corrected chi connectivity index (χ3v) is 4.72. The highest BCUT2D eigenvalue weighted by Gasteiger charge is 2.27. The standard InChI is InChI=1S/C17H26F3N3OS/c1-16(2,25-4)11-23-15(21-3)22-9-13-5-7-14(8-6-13)10-24-12-17(18,19)20/h5-8H,9-12H2,1-4H3,(H2,21,22,23). The fraction of sp³-hybridized carbons (Fsp3) is 0.588. The molecular weight excluding hydrogens is 351 g/mol. The average molecular weight is 377 g/mol. The van der Waals surface area contributed by atoms with Gasteiger partial charge < -0.3 is 15.4 Å². The van der Waals surface area contributed by atoms with Gasteiger partial charge in [-0.15, -0.1) is 0 Å². The first-order chi connectivity index (χ1) is 11.6. The largest absolute Gasteiger partial charge is 0.411 e. The van der Waals surface area contributed by atoms with E-state index in [1.807, 2.05) is 12.1 Å². The first kappa shape index (κ1) is 21.6. The Kier molecular flexibility index (Phi) is 8.58. The first-order valence-electron chi connectivity index (χ1n) is 7.87. The number of benzene rings is 1. The van der Waals surface area contributed by atoms with Gasteiger partial charge in [0, 0.05) is 24.9 Å². The second-order valence-electron chi connectivity index (χ2n) is 6.17. The molecule has 0 radical (unpaired) electrons. The van der Waals surface area contributed by atoms with Gasteiger partial charge in [-0.05, 0) is 31.2 Å². The van der Waals surface area contributed by atoms with Gasteiger partial charge >= 0.3 is 6.18 Å². The topological polar surface area (TPSA) is 45.7 Å². The number of thioether (sulfide) groups is 1. The molecule has 0 aromatic heterocycles. The maximum absolute atomic E-state index is 12.0. The Morgan fingerprint density at radius 1 is 1.12 bits per heavy atom. The highest BCUT2D eigenvalue weighted by Crippen LogP contribution is 2.19. The highest BCUT2D eigenvalue weighted by molar-refractivity contribution is 7.99. The Balaban J connectivity index is 2.41. The van der Waals surface area contributed by atoms with Gasteiger partial charge in [0.05, 0.1) is 6.61 Å². The van der Waals surface area contributed by atoms with E-state index < -0.39 is 12.8 Å². The molecule has 2 N–H and O–H groups in total. The van der Waals surface area contributed by atoms with E-state index in [9.17, 15) is 13.2 Å². The molecular formula is C17H26F3N3OS. The Labute approximate surface area is 151 Å². The van der Waals surface area contributed by atoms with E-state index in [1.165, 1.54) is 0 Å². The summed E-state index contributed by atoms with van der Waals surface area (Å²) >= 11 is 1.78. The number of alkyl halides is 3. The van der Waals surface area contributed by atoms with Crippen LogP contribution in [-0.2, 0) is 17.9 Å². The third kappa shape index (κ3) is 9.60. The summed E-state index contributed by atoms with van der Waals surface area (Å²) < 4.78 is 40.9. The molecule has 0 heterocycles. The van der Waals surface area contributed by atoms with E-state index >= 15 is 0 Å². The van der Waals surface area contributed by atoms with E-state index in [2.05, 4.69) is 40.5 Å². The van der Waals surface area contributed by atoms with Crippen molar-refractivity contribution in [2.45, 2.75) is 37.9 Å². The SMILES string of the molecule is CN=C(NCc1ccc(COCC(F)(F)F)cc1)NCC(C)(C)SC. The predicted octanol–water partition coefficient (Wildman–Crippen LogP) is 3.57. The van der Waals surface area contributed by atoms with Gasteiger partial charge in [0.15, 0.2) is 5.96 Å². The van der Waals surface area contributed by atoms with E-state index in [-0.39, 0.29) is 11.4 Å². The Morgan fingerprint density at radius 2 is 1.72 bits per heavy atom. The maximum atomic E-state index is 12.0. The molecule has 1 rings (SSSR count). The lowest BCUT2D eigenvalue weighted by atomic mass is 10.1. The van der Waals surface area contributed by atoms with Crippen LogP contribution in [0.15, 0.2) is 29.3 Å². The van der Waals surface area contributed by atoms with Crippen LogP contribution >= 0.6 is 11.8 Å². The summed E-state index contributed by atoms with van der Waals surface area (Å²) in [7, 11) is 1.71. The van der Waals surface area contributed by atoms with Crippen molar-refractivity contribution < 1.29 is 17.9 Å². The van der Waals surface area contributed by atoms with E-state index in [4.69, 9.17) is 0 Å². The number of ether oxygens (including phenoxy) is 1. The van der Waals surface area contributed by atoms with Crippen molar-refractivity contribution >= 4 is 17.7 Å². The normalized spacial score (nSPS) is 13.0. The zero-order valence-electron chi connectivity index (χ0n) is 15.0. The molecule has 0 atom stereocenters. The van der Waals surface area contributed by atoms with E-state index in [1.54, 1.807) is 30.9 Å². The number of rotatable bonds is 8. The molecule has 0 aliphatic heterocycles. The lowest BCUT2D eigenvalue weighted by molar-refractivity contribution is -0.176. The molecule has 0 fully saturated rings. The van der Waals surface area contributed by atoms with Gasteiger partial charge in [0.2, 0.25) is 0 Å². The minimum Gasteiger partial charge on any atom is -0.367 e. The molecule has 1 aromatic carbocycles. The molecule has 0 aliphatic rings. The van der Waals surface area contributed by atoms with Crippen LogP contribution in [0.3, 0.4) is 0 Å². The van der Waals surface area contributed by atoms with Crippen LogP contribution in [0.5, 0.6) is 0 Å². The quantitative estimate of drug-likeness (QED) is 0.537. The molecule has 0 bridgehead atoms. The van der Waals surface area contributed by atoms with Gasteiger partial charge in [-0.1, -0.05) is 24.3 Å². The summed E-state index contributed by atoms with van der Waals surface area (Å²) in [6, 6.07) is 7.25. The van der Waals surface area contributed by atoms with Crippen LogP contribution in [0.4, 0.5) is 13.2 Å². The van der Waals surface area contributed by atoms with Crippen LogP contribution in [0, 0.1) is 0 Å². The molecule has 8 heteroatoms. The summed E-state index contributed by atoms with van der Waals surface area (Å²) in [4.78, 5) is 4.18. The van der Waals surface area contributed by atoms with E-state index in [0.717, 1.165) is 12.1 Å². The van der Waals surface area contributed by atoms with Crippen molar-refractivity contribution in [2.75, 3.05) is 26.5 Å². The van der Waals surface area contributed by atoms with Gasteiger partial charge in [0.1, 0.15) is 6.61 Å². The van der Waals surface area contributed by atoms with Gasteiger partial charge in [-0.25, -0.2) is 0 Å². The molecule has 0 aliphatic carbocycles. The molecule has 1 aromatic rings. The summed E-state index contributed by atoms with van der Waals surface area (Å²) in [6.45, 7) is 4.37. The first-order valence-corrected chi connectivity index (χ1v) is 9.09. The summed E-state index contributed by atoms with van der Waals surface area (Å²) in [5.41, 5.74) is 1.71. The zero-order valence-corrected chi connectivity index (χ0v) is 15.9. The van der Waals surface area contributed by atoms with Gasteiger partial charge in [-0.2, -0.15) is 24.9 Å². The maximum Gasteiger partial charge on any atom is 0.411 e. The summed E-state index contributed by atoms with van der Waals surface area (Å²) in [5.74, 6) is 0.708. The second-order valence-corrected chi connectivity index (χ2v) is 7.68. The van der Waals surface area contributed by atoms with Crippen LogP contribution in [0.25, 0.3) is 0 Å². The number of hydrogen-bond acceptors (Lipinski definition) is 3. The summed E-state index contributed by atoms with van der Waals surface area (Å²) in [6.07, 6.45) is -2.23. The number of nitrogens with zero attached hydrogens (tertiary/aromatic N) is 1.